The van der Waals surface area contributed by atoms with E-state index < -0.39 is 0 Å². The van der Waals surface area contributed by atoms with Gasteiger partial charge in [-0.2, -0.15) is 0 Å². The van der Waals surface area contributed by atoms with Crippen molar-refractivity contribution in [1.29, 1.82) is 0 Å². The van der Waals surface area contributed by atoms with E-state index in [0.717, 1.165) is 38.9 Å². The molecule has 2 aliphatic heterocycles. The van der Waals surface area contributed by atoms with E-state index in [1.54, 1.807) is 0 Å². The van der Waals surface area contributed by atoms with E-state index in [1.807, 2.05) is 0 Å². The van der Waals surface area contributed by atoms with Crippen LogP contribution in [0.1, 0.15) is 25.7 Å². The topological polar surface area (TPSA) is 18.5 Å². The molecule has 0 aromatic heterocycles. The third kappa shape index (κ3) is 2.96. The second-order valence-electron chi connectivity index (χ2n) is 3.90. The molecule has 0 fully saturated rings. The summed E-state index contributed by atoms with van der Waals surface area (Å²) in [6, 6.07) is 0. The summed E-state index contributed by atoms with van der Waals surface area (Å²) in [5.41, 5.74) is 0. The second-order valence-corrected chi connectivity index (χ2v) is 3.90. The van der Waals surface area contributed by atoms with Gasteiger partial charge in [-0.15, -0.1) is 0 Å². The average molecular weight is 194 g/mol. The Bertz CT molecular complexity index is 196. The van der Waals surface area contributed by atoms with Gasteiger partial charge in [0.05, 0.1) is 25.4 Å². The molecular formula is C12H18O2. The molecule has 2 nitrogen and oxygen atoms in total. The Morgan fingerprint density at radius 3 is 1.64 bits per heavy atom. The molecule has 0 saturated heterocycles. The first-order chi connectivity index (χ1) is 6.95. The minimum absolute atomic E-state index is 0.425. The van der Waals surface area contributed by atoms with E-state index in [-0.39, 0.29) is 0 Å². The first-order valence-corrected chi connectivity index (χ1v) is 5.48. The molecule has 2 heterocycles. The molecule has 0 aromatic rings. The van der Waals surface area contributed by atoms with Gasteiger partial charge in [0.1, 0.15) is 0 Å². The highest BCUT2D eigenvalue weighted by atomic mass is 16.5. The fraction of sp³-hybridized carbons (Fsp3) is 0.667. The molecule has 0 amide bonds. The zero-order valence-electron chi connectivity index (χ0n) is 8.52. The predicted octanol–water partition coefficient (Wildman–Crippen LogP) is 2.46. The van der Waals surface area contributed by atoms with Crippen LogP contribution in [0.2, 0.25) is 0 Å². The molecule has 0 aliphatic carbocycles. The molecule has 0 radical (unpaired) electrons. The lowest BCUT2D eigenvalue weighted by Crippen LogP contribution is -2.21. The van der Waals surface area contributed by atoms with Crippen LogP contribution < -0.4 is 0 Å². The molecule has 0 aromatic carbocycles. The third-order valence-corrected chi connectivity index (χ3v) is 2.80. The van der Waals surface area contributed by atoms with E-state index in [4.69, 9.17) is 9.47 Å². The van der Waals surface area contributed by atoms with Crippen molar-refractivity contribution < 1.29 is 9.47 Å². The number of rotatable bonds is 3. The smallest absolute Gasteiger partial charge is 0.0651 e. The van der Waals surface area contributed by atoms with Crippen LogP contribution in [0.4, 0.5) is 0 Å². The standard InChI is InChI=1S/C12H18O2/c1-3-9-13-11(5-1)7-8-12-6-2-4-10-14-12/h1-4,11-12H,5-10H2/t11-,12+. The van der Waals surface area contributed by atoms with Gasteiger partial charge in [-0.3, -0.25) is 0 Å². The first-order valence-electron chi connectivity index (χ1n) is 5.48. The van der Waals surface area contributed by atoms with Crippen molar-refractivity contribution in [2.75, 3.05) is 13.2 Å². The molecule has 2 atom stereocenters. The molecule has 0 N–H and O–H groups in total. The maximum atomic E-state index is 5.61. The normalized spacial score (nSPS) is 32.0. The Morgan fingerprint density at radius 2 is 1.29 bits per heavy atom. The van der Waals surface area contributed by atoms with Crippen molar-refractivity contribution >= 4 is 0 Å². The van der Waals surface area contributed by atoms with Crippen LogP contribution in [0.3, 0.4) is 0 Å². The molecule has 0 unspecified atom stereocenters. The summed E-state index contributed by atoms with van der Waals surface area (Å²) in [5, 5.41) is 0. The Labute approximate surface area is 85.6 Å². The van der Waals surface area contributed by atoms with Gasteiger partial charge in [0.25, 0.3) is 0 Å². The molecule has 0 bridgehead atoms. The zero-order chi connectivity index (χ0) is 9.64. The molecule has 2 heteroatoms. The molecule has 2 rings (SSSR count). The highest BCUT2D eigenvalue weighted by molar-refractivity contribution is 4.91. The molecule has 14 heavy (non-hydrogen) atoms. The Hall–Kier alpha value is -0.600. The summed E-state index contributed by atoms with van der Waals surface area (Å²) in [5.74, 6) is 0. The van der Waals surface area contributed by atoms with E-state index >= 15 is 0 Å². The van der Waals surface area contributed by atoms with E-state index in [0.29, 0.717) is 12.2 Å². The van der Waals surface area contributed by atoms with Gasteiger partial charge in [0, 0.05) is 0 Å². The minimum atomic E-state index is 0.425. The number of hydrogen-bond acceptors (Lipinski definition) is 2. The summed E-state index contributed by atoms with van der Waals surface area (Å²) >= 11 is 0. The lowest BCUT2D eigenvalue weighted by atomic mass is 10.0. The Balaban J connectivity index is 1.66. The average Bonchev–Trinajstić information content (AvgIpc) is 2.29. The van der Waals surface area contributed by atoms with Gasteiger partial charge in [-0.05, 0) is 25.7 Å². The second kappa shape index (κ2) is 5.32. The van der Waals surface area contributed by atoms with Crippen LogP contribution >= 0.6 is 0 Å². The molecule has 0 saturated carbocycles. The molecule has 0 spiro atoms. The zero-order valence-corrected chi connectivity index (χ0v) is 8.52. The Kier molecular flexibility index (Phi) is 3.78. The van der Waals surface area contributed by atoms with Crippen LogP contribution in [-0.4, -0.2) is 25.4 Å². The quantitative estimate of drug-likeness (QED) is 0.642. The van der Waals surface area contributed by atoms with Crippen molar-refractivity contribution in [2.24, 2.45) is 0 Å². The van der Waals surface area contributed by atoms with Gasteiger partial charge in [0.15, 0.2) is 0 Å². The van der Waals surface area contributed by atoms with E-state index in [9.17, 15) is 0 Å². The van der Waals surface area contributed by atoms with E-state index in [1.165, 1.54) is 0 Å². The third-order valence-electron chi connectivity index (χ3n) is 2.80. The highest BCUT2D eigenvalue weighted by Gasteiger charge is 2.15. The Morgan fingerprint density at radius 1 is 0.786 bits per heavy atom. The summed E-state index contributed by atoms with van der Waals surface area (Å²) < 4.78 is 11.2. The minimum Gasteiger partial charge on any atom is -0.374 e. The van der Waals surface area contributed by atoms with Crippen molar-refractivity contribution in [1.82, 2.24) is 0 Å². The van der Waals surface area contributed by atoms with Crippen LogP contribution in [-0.2, 0) is 9.47 Å². The largest absolute Gasteiger partial charge is 0.374 e. The van der Waals surface area contributed by atoms with Gasteiger partial charge >= 0.3 is 0 Å². The van der Waals surface area contributed by atoms with Crippen molar-refractivity contribution in [2.45, 2.75) is 37.9 Å². The summed E-state index contributed by atoms with van der Waals surface area (Å²) in [7, 11) is 0. The fourth-order valence-electron chi connectivity index (χ4n) is 1.93. The maximum Gasteiger partial charge on any atom is 0.0651 e. The van der Waals surface area contributed by atoms with Gasteiger partial charge in [0.2, 0.25) is 0 Å². The lowest BCUT2D eigenvalue weighted by molar-refractivity contribution is 0.0240. The summed E-state index contributed by atoms with van der Waals surface area (Å²) in [6.07, 6.45) is 13.9. The van der Waals surface area contributed by atoms with Crippen molar-refractivity contribution in [3.63, 3.8) is 0 Å². The van der Waals surface area contributed by atoms with Crippen LogP contribution in [0, 0.1) is 0 Å². The van der Waals surface area contributed by atoms with Crippen molar-refractivity contribution in [3.8, 4) is 0 Å². The van der Waals surface area contributed by atoms with Gasteiger partial charge in [-0.1, -0.05) is 24.3 Å². The molecular weight excluding hydrogens is 176 g/mol. The number of hydrogen-bond donors (Lipinski definition) is 0. The van der Waals surface area contributed by atoms with Crippen LogP contribution in [0.25, 0.3) is 0 Å². The lowest BCUT2D eigenvalue weighted by Gasteiger charge is -2.23. The monoisotopic (exact) mass is 194 g/mol. The maximum absolute atomic E-state index is 5.61. The fourth-order valence-corrected chi connectivity index (χ4v) is 1.93. The molecule has 78 valence electrons. The van der Waals surface area contributed by atoms with E-state index in [2.05, 4.69) is 24.3 Å². The summed E-state index contributed by atoms with van der Waals surface area (Å²) in [6.45, 7) is 1.58. The van der Waals surface area contributed by atoms with Gasteiger partial charge in [-0.25, -0.2) is 0 Å². The molecule has 2 aliphatic rings. The first kappa shape index (κ1) is 9.94. The van der Waals surface area contributed by atoms with Crippen molar-refractivity contribution in [3.05, 3.63) is 24.3 Å². The van der Waals surface area contributed by atoms with Crippen LogP contribution in [0.5, 0.6) is 0 Å². The summed E-state index contributed by atoms with van der Waals surface area (Å²) in [4.78, 5) is 0. The number of ether oxygens (including phenoxy) is 2. The van der Waals surface area contributed by atoms with Gasteiger partial charge < -0.3 is 9.47 Å². The predicted molar refractivity (Wildman–Crippen MR) is 56.2 cm³/mol. The van der Waals surface area contributed by atoms with Crippen LogP contribution in [0.15, 0.2) is 24.3 Å². The SMILES string of the molecule is C1=CC[C@H](CC[C@@H]2CC=CCO2)OC1. The highest BCUT2D eigenvalue weighted by Crippen LogP contribution is 2.18.